The summed E-state index contributed by atoms with van der Waals surface area (Å²) in [4.78, 5) is 42.1. The second-order valence-electron chi connectivity index (χ2n) is 5.41. The lowest BCUT2D eigenvalue weighted by Crippen LogP contribution is -2.23. The first-order valence-corrected chi connectivity index (χ1v) is 8.46. The third-order valence-electron chi connectivity index (χ3n) is 3.27. The highest BCUT2D eigenvalue weighted by Crippen LogP contribution is 2.20. The molecule has 1 heterocycles. The van der Waals surface area contributed by atoms with Crippen LogP contribution in [0.25, 0.3) is 0 Å². The highest BCUT2D eigenvalue weighted by atomic mass is 32.2. The molecule has 1 atom stereocenters. The molecule has 0 aliphatic heterocycles. The van der Waals surface area contributed by atoms with E-state index in [4.69, 9.17) is 0 Å². The smallest absolute Gasteiger partial charge is 0.311 e. The van der Waals surface area contributed by atoms with Crippen molar-refractivity contribution >= 4 is 29.3 Å². The van der Waals surface area contributed by atoms with Gasteiger partial charge in [-0.15, -0.1) is 0 Å². The van der Waals surface area contributed by atoms with E-state index in [1.807, 2.05) is 25.1 Å². The topological polar surface area (TPSA) is 101 Å². The number of aromatic amines is 1. The summed E-state index contributed by atoms with van der Waals surface area (Å²) < 4.78 is 4.57. The standard InChI is InChI=1S/C17H19N3O4S/c1-10-5-4-6-12(7-10)18-16(23)11(2)25-17-19-13(8-14(21)20-17)9-15(22)24-3/h4-8,11H,9H2,1-3H3,(H,18,23)(H,19,20,21)/t11-/m1/s1. The van der Waals surface area contributed by atoms with Crippen LogP contribution < -0.4 is 10.9 Å². The van der Waals surface area contributed by atoms with Crippen LogP contribution in [-0.4, -0.2) is 34.2 Å². The molecule has 2 aromatic rings. The van der Waals surface area contributed by atoms with Crippen molar-refractivity contribution in [3.8, 4) is 0 Å². The monoisotopic (exact) mass is 361 g/mol. The molecule has 2 N–H and O–H groups in total. The fraction of sp³-hybridized carbons (Fsp3) is 0.294. The Morgan fingerprint density at radius 3 is 2.80 bits per heavy atom. The number of methoxy groups -OCH3 is 1. The Bertz CT molecular complexity index is 835. The minimum Gasteiger partial charge on any atom is -0.469 e. The lowest BCUT2D eigenvalue weighted by molar-refractivity contribution is -0.139. The molecule has 0 unspecified atom stereocenters. The average molecular weight is 361 g/mol. The molecule has 0 saturated heterocycles. The van der Waals surface area contributed by atoms with Crippen LogP contribution in [0.15, 0.2) is 40.3 Å². The number of benzene rings is 1. The molecular weight excluding hydrogens is 342 g/mol. The van der Waals surface area contributed by atoms with Crippen molar-refractivity contribution in [1.82, 2.24) is 9.97 Å². The van der Waals surface area contributed by atoms with Crippen molar-refractivity contribution in [3.05, 3.63) is 51.9 Å². The zero-order chi connectivity index (χ0) is 18.4. The highest BCUT2D eigenvalue weighted by molar-refractivity contribution is 8.00. The minimum atomic E-state index is -0.489. The predicted octanol–water partition coefficient (Wildman–Crippen LogP) is 1.91. The molecule has 2 rings (SSSR count). The van der Waals surface area contributed by atoms with Gasteiger partial charge in [0.15, 0.2) is 5.16 Å². The van der Waals surface area contributed by atoms with Crippen molar-refractivity contribution in [2.75, 3.05) is 12.4 Å². The summed E-state index contributed by atoms with van der Waals surface area (Å²) in [7, 11) is 1.27. The van der Waals surface area contributed by atoms with Crippen LogP contribution in [0.3, 0.4) is 0 Å². The molecular formula is C17H19N3O4S. The number of hydrogen-bond donors (Lipinski definition) is 2. The van der Waals surface area contributed by atoms with Gasteiger partial charge in [-0.2, -0.15) is 0 Å². The molecule has 0 fully saturated rings. The fourth-order valence-electron chi connectivity index (χ4n) is 2.04. The Labute approximate surface area is 149 Å². The number of nitrogens with one attached hydrogen (secondary N) is 2. The number of ether oxygens (including phenoxy) is 1. The zero-order valence-corrected chi connectivity index (χ0v) is 15.0. The van der Waals surface area contributed by atoms with Gasteiger partial charge >= 0.3 is 5.97 Å². The van der Waals surface area contributed by atoms with Gasteiger partial charge < -0.3 is 15.0 Å². The van der Waals surface area contributed by atoms with E-state index in [2.05, 4.69) is 20.0 Å². The third kappa shape index (κ3) is 5.75. The normalized spacial score (nSPS) is 11.6. The van der Waals surface area contributed by atoms with Crippen molar-refractivity contribution in [2.45, 2.75) is 30.7 Å². The number of thioether (sulfide) groups is 1. The third-order valence-corrected chi connectivity index (χ3v) is 4.25. The number of aryl methyl sites for hydroxylation is 1. The molecule has 0 bridgehead atoms. The first-order valence-electron chi connectivity index (χ1n) is 7.58. The van der Waals surface area contributed by atoms with Gasteiger partial charge in [-0.3, -0.25) is 14.4 Å². The Morgan fingerprint density at radius 1 is 1.36 bits per heavy atom. The Hall–Kier alpha value is -2.61. The molecule has 25 heavy (non-hydrogen) atoms. The van der Waals surface area contributed by atoms with Crippen molar-refractivity contribution in [1.29, 1.82) is 0 Å². The number of rotatable bonds is 6. The van der Waals surface area contributed by atoms with Crippen LogP contribution in [0.4, 0.5) is 5.69 Å². The van der Waals surface area contributed by atoms with E-state index >= 15 is 0 Å². The molecule has 1 aromatic heterocycles. The maximum atomic E-state index is 12.3. The van der Waals surface area contributed by atoms with E-state index in [1.165, 1.54) is 13.2 Å². The fourth-order valence-corrected chi connectivity index (χ4v) is 2.87. The second kappa shape index (κ2) is 8.48. The number of aromatic nitrogens is 2. The molecule has 1 aromatic carbocycles. The second-order valence-corrected chi connectivity index (χ2v) is 6.74. The SMILES string of the molecule is COC(=O)Cc1cc(=O)[nH]c(S[C@H](C)C(=O)Nc2cccc(C)c2)n1. The summed E-state index contributed by atoms with van der Waals surface area (Å²) in [6.45, 7) is 3.65. The minimum absolute atomic E-state index is 0.0994. The summed E-state index contributed by atoms with van der Waals surface area (Å²) in [5.74, 6) is -0.698. The first-order chi connectivity index (χ1) is 11.9. The number of hydrogen-bond acceptors (Lipinski definition) is 6. The number of amides is 1. The van der Waals surface area contributed by atoms with Crippen molar-refractivity contribution < 1.29 is 14.3 Å². The number of H-pyrrole nitrogens is 1. The van der Waals surface area contributed by atoms with Gasteiger partial charge in [0.2, 0.25) is 5.91 Å². The van der Waals surface area contributed by atoms with Crippen molar-refractivity contribution in [3.63, 3.8) is 0 Å². The van der Waals surface area contributed by atoms with Gasteiger partial charge in [-0.05, 0) is 31.5 Å². The van der Waals surface area contributed by atoms with E-state index in [9.17, 15) is 14.4 Å². The van der Waals surface area contributed by atoms with Gasteiger partial charge in [0, 0.05) is 11.8 Å². The van der Waals surface area contributed by atoms with Crippen molar-refractivity contribution in [2.24, 2.45) is 0 Å². The molecule has 8 heteroatoms. The Kier molecular flexibility index (Phi) is 6.35. The Morgan fingerprint density at radius 2 is 2.12 bits per heavy atom. The molecule has 0 saturated carbocycles. The van der Waals surface area contributed by atoms with E-state index < -0.39 is 11.2 Å². The number of carbonyl (C=O) groups is 2. The van der Waals surface area contributed by atoms with Gasteiger partial charge in [0.1, 0.15) is 0 Å². The van der Waals surface area contributed by atoms with Crippen LogP contribution in [0.5, 0.6) is 0 Å². The lowest BCUT2D eigenvalue weighted by Gasteiger charge is -2.12. The number of carbonyl (C=O) groups excluding carboxylic acids is 2. The predicted molar refractivity (Wildman–Crippen MR) is 95.7 cm³/mol. The maximum Gasteiger partial charge on any atom is 0.311 e. The van der Waals surface area contributed by atoms with Gasteiger partial charge in [-0.1, -0.05) is 23.9 Å². The molecule has 132 valence electrons. The highest BCUT2D eigenvalue weighted by Gasteiger charge is 2.17. The Balaban J connectivity index is 2.06. The van der Waals surface area contributed by atoms with E-state index in [-0.39, 0.29) is 23.0 Å². The number of anilines is 1. The van der Waals surface area contributed by atoms with Crippen LogP contribution in [0.2, 0.25) is 0 Å². The first kappa shape index (κ1) is 18.7. The lowest BCUT2D eigenvalue weighted by atomic mass is 10.2. The van der Waals surface area contributed by atoms with E-state index in [0.717, 1.165) is 17.3 Å². The maximum absolute atomic E-state index is 12.3. The summed E-state index contributed by atoms with van der Waals surface area (Å²) >= 11 is 1.11. The van der Waals surface area contributed by atoms with Crippen LogP contribution in [0, 0.1) is 6.92 Å². The summed E-state index contributed by atoms with van der Waals surface area (Å²) in [6, 6.07) is 8.71. The average Bonchev–Trinajstić information content (AvgIpc) is 2.54. The quantitative estimate of drug-likeness (QED) is 0.463. The van der Waals surface area contributed by atoms with Crippen LogP contribution >= 0.6 is 11.8 Å². The molecule has 0 aliphatic rings. The molecule has 0 aliphatic carbocycles. The molecule has 7 nitrogen and oxygen atoms in total. The van der Waals surface area contributed by atoms with Crippen LogP contribution in [0.1, 0.15) is 18.2 Å². The summed E-state index contributed by atoms with van der Waals surface area (Å²) in [5.41, 5.74) is 1.66. The molecule has 1 amide bonds. The van der Waals surface area contributed by atoms with Gasteiger partial charge in [0.05, 0.1) is 24.5 Å². The zero-order valence-electron chi connectivity index (χ0n) is 14.2. The van der Waals surface area contributed by atoms with Crippen LogP contribution in [-0.2, 0) is 20.7 Å². The van der Waals surface area contributed by atoms with Gasteiger partial charge in [0.25, 0.3) is 5.56 Å². The largest absolute Gasteiger partial charge is 0.469 e. The van der Waals surface area contributed by atoms with E-state index in [0.29, 0.717) is 11.4 Å². The summed E-state index contributed by atoms with van der Waals surface area (Å²) in [6.07, 6.45) is -0.0994. The van der Waals surface area contributed by atoms with E-state index in [1.54, 1.807) is 13.0 Å². The number of nitrogens with zero attached hydrogens (tertiary/aromatic N) is 1. The molecule has 0 radical (unpaired) electrons. The summed E-state index contributed by atoms with van der Waals surface area (Å²) in [5, 5.41) is 2.61. The number of esters is 1. The molecule has 0 spiro atoms. The van der Waals surface area contributed by atoms with Gasteiger partial charge in [-0.25, -0.2) is 4.98 Å².